The summed E-state index contributed by atoms with van der Waals surface area (Å²) >= 11 is 3.46. The van der Waals surface area contributed by atoms with Crippen molar-refractivity contribution >= 4 is 30.6 Å². The highest BCUT2D eigenvalue weighted by atomic mass is 32.1. The summed E-state index contributed by atoms with van der Waals surface area (Å²) in [5.74, 6) is -2.29. The molecule has 0 aliphatic carbocycles. The predicted octanol–water partition coefficient (Wildman–Crippen LogP) is -1.07. The fourth-order valence-corrected chi connectivity index (χ4v) is 0.863. The van der Waals surface area contributed by atoms with Crippen molar-refractivity contribution in [3.05, 3.63) is 0 Å². The highest BCUT2D eigenvalue weighted by molar-refractivity contribution is 7.78. The van der Waals surface area contributed by atoms with Crippen LogP contribution < -0.4 is 10.0 Å². The molecular weight excluding hydrogens is 196 g/mol. The van der Waals surface area contributed by atoms with Crippen molar-refractivity contribution in [3.8, 4) is 0 Å². The van der Waals surface area contributed by atoms with Crippen LogP contribution in [0.3, 0.4) is 0 Å². The maximum atomic E-state index is 10.9. The second-order valence-electron chi connectivity index (χ2n) is 2.33. The molecule has 0 fully saturated rings. The van der Waals surface area contributed by atoms with Crippen LogP contribution >= 0.6 is 12.8 Å². The monoisotopic (exact) mass is 206 g/mol. The average Bonchev–Trinajstić information content (AvgIpc) is 2.00. The van der Waals surface area contributed by atoms with E-state index in [4.69, 9.17) is 5.11 Å². The lowest BCUT2D eigenvalue weighted by atomic mass is 10.2. The van der Waals surface area contributed by atoms with Gasteiger partial charge in [0.05, 0.1) is 6.42 Å². The summed E-state index contributed by atoms with van der Waals surface area (Å²) in [4.78, 5) is 31.7. The van der Waals surface area contributed by atoms with Crippen molar-refractivity contribution < 1.29 is 19.5 Å². The Kier molecular flexibility index (Phi) is 4.90. The molecule has 74 valence electrons. The van der Waals surface area contributed by atoms with Gasteiger partial charge in [0.15, 0.2) is 0 Å². The summed E-state index contributed by atoms with van der Waals surface area (Å²) in [6, 6.07) is -1.08. The van der Waals surface area contributed by atoms with Gasteiger partial charge in [-0.1, -0.05) is 12.8 Å². The zero-order valence-corrected chi connectivity index (χ0v) is 7.80. The van der Waals surface area contributed by atoms with Crippen molar-refractivity contribution in [2.24, 2.45) is 0 Å². The van der Waals surface area contributed by atoms with Crippen molar-refractivity contribution in [1.82, 2.24) is 10.0 Å². The van der Waals surface area contributed by atoms with Crippen LogP contribution in [0.5, 0.6) is 0 Å². The number of amides is 2. The number of carbonyl (C=O) groups is 3. The van der Waals surface area contributed by atoms with E-state index in [1.165, 1.54) is 6.92 Å². The number of hydrogen-bond acceptors (Lipinski definition) is 4. The molecule has 0 aliphatic heterocycles. The third-order valence-electron chi connectivity index (χ3n) is 1.18. The third-order valence-corrected chi connectivity index (χ3v) is 1.40. The Bertz CT molecular complexity index is 215. The minimum atomic E-state index is -1.17. The molecule has 0 rings (SSSR count). The summed E-state index contributed by atoms with van der Waals surface area (Å²) in [6.45, 7) is 1.20. The van der Waals surface area contributed by atoms with Gasteiger partial charge in [0, 0.05) is 6.92 Å². The van der Waals surface area contributed by atoms with Crippen LogP contribution in [0.25, 0.3) is 0 Å². The molecule has 0 aromatic carbocycles. The van der Waals surface area contributed by atoms with Gasteiger partial charge in [0.1, 0.15) is 6.04 Å². The van der Waals surface area contributed by atoms with E-state index in [9.17, 15) is 14.4 Å². The van der Waals surface area contributed by atoms with E-state index < -0.39 is 30.2 Å². The first kappa shape index (κ1) is 11.8. The fraction of sp³-hybridized carbons (Fsp3) is 0.500. The molecule has 0 aromatic heterocycles. The third kappa shape index (κ3) is 5.07. The Labute approximate surface area is 80.2 Å². The Morgan fingerprint density at radius 3 is 2.31 bits per heavy atom. The molecular formula is C6H10N2O4S. The highest BCUT2D eigenvalue weighted by Gasteiger charge is 2.21. The van der Waals surface area contributed by atoms with Crippen molar-refractivity contribution in [1.29, 1.82) is 0 Å². The smallest absolute Gasteiger partial charge is 0.305 e. The van der Waals surface area contributed by atoms with Crippen LogP contribution in [0.15, 0.2) is 0 Å². The molecule has 7 heteroatoms. The highest BCUT2D eigenvalue weighted by Crippen LogP contribution is 1.93. The van der Waals surface area contributed by atoms with Gasteiger partial charge in [-0.3, -0.25) is 14.4 Å². The Hall–Kier alpha value is -1.24. The summed E-state index contributed by atoms with van der Waals surface area (Å²) in [6.07, 6.45) is -0.466. The van der Waals surface area contributed by atoms with Gasteiger partial charge in [0.25, 0.3) is 5.91 Å². The first-order chi connectivity index (χ1) is 5.97. The number of nitrogens with one attached hydrogen (secondary N) is 2. The maximum Gasteiger partial charge on any atom is 0.305 e. The Balaban J connectivity index is 4.26. The average molecular weight is 206 g/mol. The first-order valence-electron chi connectivity index (χ1n) is 3.40. The van der Waals surface area contributed by atoms with E-state index in [0.717, 1.165) is 0 Å². The molecule has 0 spiro atoms. The van der Waals surface area contributed by atoms with Crippen LogP contribution in [0.1, 0.15) is 13.3 Å². The molecule has 13 heavy (non-hydrogen) atoms. The lowest BCUT2D eigenvalue weighted by molar-refractivity contribution is -0.140. The van der Waals surface area contributed by atoms with E-state index in [1.54, 1.807) is 0 Å². The number of aliphatic carboxylic acids is 1. The molecule has 6 nitrogen and oxygen atoms in total. The van der Waals surface area contributed by atoms with E-state index in [-0.39, 0.29) is 0 Å². The van der Waals surface area contributed by atoms with Gasteiger partial charge >= 0.3 is 5.97 Å². The molecule has 0 saturated carbocycles. The van der Waals surface area contributed by atoms with E-state index in [1.807, 2.05) is 4.72 Å². The number of thiol groups is 1. The molecule has 0 bridgehead atoms. The van der Waals surface area contributed by atoms with Crippen LogP contribution in [0.2, 0.25) is 0 Å². The van der Waals surface area contributed by atoms with Gasteiger partial charge < -0.3 is 15.1 Å². The van der Waals surface area contributed by atoms with Crippen LogP contribution in [-0.2, 0) is 14.4 Å². The zero-order valence-electron chi connectivity index (χ0n) is 6.90. The van der Waals surface area contributed by atoms with Crippen LogP contribution in [-0.4, -0.2) is 28.9 Å². The lowest BCUT2D eigenvalue weighted by Crippen LogP contribution is -2.44. The SMILES string of the molecule is CC(=O)N[C@@H](CC(=O)O)C(=O)NS. The summed E-state index contributed by atoms with van der Waals surface area (Å²) in [5.41, 5.74) is 0. The van der Waals surface area contributed by atoms with Crippen molar-refractivity contribution in [3.63, 3.8) is 0 Å². The number of rotatable bonds is 4. The van der Waals surface area contributed by atoms with Gasteiger partial charge in [0.2, 0.25) is 5.91 Å². The molecule has 1 atom stereocenters. The van der Waals surface area contributed by atoms with Crippen LogP contribution in [0, 0.1) is 0 Å². The summed E-state index contributed by atoms with van der Waals surface area (Å²) in [7, 11) is 0. The maximum absolute atomic E-state index is 10.9. The summed E-state index contributed by atoms with van der Waals surface area (Å²) in [5, 5.41) is 10.6. The molecule has 2 amide bonds. The van der Waals surface area contributed by atoms with Gasteiger partial charge in [-0.15, -0.1) is 0 Å². The van der Waals surface area contributed by atoms with Gasteiger partial charge in [-0.2, -0.15) is 0 Å². The van der Waals surface area contributed by atoms with Crippen molar-refractivity contribution in [2.75, 3.05) is 0 Å². The quantitative estimate of drug-likeness (QED) is 0.440. The Morgan fingerprint density at radius 2 is 2.00 bits per heavy atom. The van der Waals surface area contributed by atoms with Crippen molar-refractivity contribution in [2.45, 2.75) is 19.4 Å². The number of carboxylic acids is 1. The minimum absolute atomic E-state index is 0.466. The second-order valence-corrected chi connectivity index (χ2v) is 2.55. The van der Waals surface area contributed by atoms with E-state index in [0.29, 0.717) is 0 Å². The van der Waals surface area contributed by atoms with Gasteiger partial charge in [-0.05, 0) is 0 Å². The van der Waals surface area contributed by atoms with Crippen LogP contribution in [0.4, 0.5) is 0 Å². The van der Waals surface area contributed by atoms with E-state index >= 15 is 0 Å². The zero-order chi connectivity index (χ0) is 10.4. The molecule has 0 saturated heterocycles. The lowest BCUT2D eigenvalue weighted by Gasteiger charge is -2.12. The molecule has 3 N–H and O–H groups in total. The second kappa shape index (κ2) is 5.41. The fourth-order valence-electron chi connectivity index (χ4n) is 0.707. The Morgan fingerprint density at radius 1 is 1.46 bits per heavy atom. The number of hydrogen-bond donors (Lipinski definition) is 4. The van der Waals surface area contributed by atoms with Gasteiger partial charge in [-0.25, -0.2) is 0 Å². The largest absolute Gasteiger partial charge is 0.481 e. The first-order valence-corrected chi connectivity index (χ1v) is 3.85. The molecule has 0 unspecified atom stereocenters. The topological polar surface area (TPSA) is 95.5 Å². The molecule has 0 aliphatic rings. The minimum Gasteiger partial charge on any atom is -0.481 e. The molecule has 0 radical (unpaired) electrons. The van der Waals surface area contributed by atoms with E-state index in [2.05, 4.69) is 18.1 Å². The molecule has 0 aromatic rings. The molecule has 0 heterocycles. The standard InChI is InChI=1S/C6H10N2O4S/c1-3(9)7-4(2-5(10)11)6(12)8-13/h4,13H,2H2,1H3,(H,7,9)(H,8,12)(H,10,11)/t4-/m0/s1. The number of carbonyl (C=O) groups excluding carboxylic acids is 2. The number of carboxylic acid groups (broad SMARTS) is 1. The summed E-state index contributed by atoms with van der Waals surface area (Å²) < 4.78 is 1.95. The predicted molar refractivity (Wildman–Crippen MR) is 47.0 cm³/mol. The normalized spacial score (nSPS) is 11.5.